The van der Waals surface area contributed by atoms with Crippen molar-refractivity contribution in [3.63, 3.8) is 0 Å². The Morgan fingerprint density at radius 2 is 2.30 bits per heavy atom. The zero-order chi connectivity index (χ0) is 14.8. The lowest BCUT2D eigenvalue weighted by molar-refractivity contribution is 0.416. The Kier molecular flexibility index (Phi) is 5.96. The van der Waals surface area contributed by atoms with Crippen LogP contribution in [0.1, 0.15) is 18.2 Å². The average Bonchev–Trinajstić information content (AvgIpc) is 2.81. The van der Waals surface area contributed by atoms with E-state index >= 15 is 0 Å². The predicted octanol–water partition coefficient (Wildman–Crippen LogP) is 2.75. The number of nitrogens with zero attached hydrogens (tertiary/aromatic N) is 1. The average molecular weight is 399 g/mol. The molecule has 2 heterocycles. The summed E-state index contributed by atoms with van der Waals surface area (Å²) >= 11 is 6.75. The van der Waals surface area contributed by atoms with Crippen LogP contribution in [0.4, 0.5) is 0 Å². The number of hydrogen-bond donors (Lipinski definition) is 1. The van der Waals surface area contributed by atoms with Crippen LogP contribution >= 0.6 is 39.0 Å². The minimum absolute atomic E-state index is 0.410. The van der Waals surface area contributed by atoms with Gasteiger partial charge in [-0.05, 0) is 35.5 Å². The van der Waals surface area contributed by atoms with Gasteiger partial charge in [-0.2, -0.15) is 16.1 Å². The van der Waals surface area contributed by atoms with Crippen molar-refractivity contribution in [1.82, 2.24) is 9.62 Å². The van der Waals surface area contributed by atoms with Gasteiger partial charge in [-0.3, -0.25) is 0 Å². The summed E-state index contributed by atoms with van der Waals surface area (Å²) < 4.78 is 27.9. The first kappa shape index (κ1) is 16.8. The highest BCUT2D eigenvalue weighted by Crippen LogP contribution is 2.35. The largest absolute Gasteiger partial charge is 0.315 e. The van der Waals surface area contributed by atoms with Gasteiger partial charge in [-0.1, -0.05) is 6.92 Å². The van der Waals surface area contributed by atoms with Crippen molar-refractivity contribution in [2.45, 2.75) is 30.0 Å². The SMILES string of the molecule is CCC1CN(S(=O)(=O)c2cc(CNC)sc2Br)CCS1. The van der Waals surface area contributed by atoms with Crippen LogP contribution in [-0.4, -0.2) is 43.9 Å². The molecule has 0 spiro atoms. The number of sulfonamides is 1. The van der Waals surface area contributed by atoms with E-state index in [1.165, 1.54) is 11.3 Å². The standard InChI is InChI=1S/C12H19BrN2O2S3/c1-3-9-8-15(4-5-18-9)20(16,17)11-6-10(7-14-2)19-12(11)13/h6,9,14H,3-5,7-8H2,1-2H3. The molecule has 20 heavy (non-hydrogen) atoms. The summed E-state index contributed by atoms with van der Waals surface area (Å²) in [6.45, 7) is 4.02. The van der Waals surface area contributed by atoms with Gasteiger partial charge in [0, 0.05) is 35.5 Å². The van der Waals surface area contributed by atoms with E-state index in [1.54, 1.807) is 10.4 Å². The van der Waals surface area contributed by atoms with Crippen LogP contribution in [0.3, 0.4) is 0 Å². The minimum atomic E-state index is -3.38. The molecule has 1 aliphatic heterocycles. The lowest BCUT2D eigenvalue weighted by Gasteiger charge is -2.30. The molecule has 1 unspecified atom stereocenters. The first-order valence-corrected chi connectivity index (χ1v) is 10.6. The fourth-order valence-corrected chi connectivity index (χ4v) is 7.65. The summed E-state index contributed by atoms with van der Waals surface area (Å²) in [6.07, 6.45) is 1.01. The second-order valence-corrected chi connectivity index (χ2v) is 10.4. The molecule has 0 bridgehead atoms. The Balaban J connectivity index is 2.25. The summed E-state index contributed by atoms with van der Waals surface area (Å²) in [6, 6.07) is 1.78. The van der Waals surface area contributed by atoms with E-state index in [2.05, 4.69) is 28.2 Å². The second-order valence-electron chi connectivity index (χ2n) is 4.65. The summed E-state index contributed by atoms with van der Waals surface area (Å²) in [5.74, 6) is 0.878. The van der Waals surface area contributed by atoms with E-state index in [9.17, 15) is 8.42 Å². The van der Waals surface area contributed by atoms with Gasteiger partial charge in [0.05, 0.1) is 3.79 Å². The monoisotopic (exact) mass is 398 g/mol. The summed E-state index contributed by atoms with van der Waals surface area (Å²) in [4.78, 5) is 1.44. The molecule has 0 saturated carbocycles. The van der Waals surface area contributed by atoms with Crippen molar-refractivity contribution in [2.75, 3.05) is 25.9 Å². The fraction of sp³-hybridized carbons (Fsp3) is 0.667. The highest BCUT2D eigenvalue weighted by Gasteiger charge is 2.32. The Morgan fingerprint density at radius 3 is 2.95 bits per heavy atom. The number of halogens is 1. The first-order valence-electron chi connectivity index (χ1n) is 6.53. The van der Waals surface area contributed by atoms with Gasteiger partial charge >= 0.3 is 0 Å². The Hall–Kier alpha value is 0.400. The van der Waals surface area contributed by atoms with Crippen molar-refractivity contribution in [3.8, 4) is 0 Å². The lowest BCUT2D eigenvalue weighted by Crippen LogP contribution is -2.41. The predicted molar refractivity (Wildman–Crippen MR) is 90.1 cm³/mol. The number of nitrogens with one attached hydrogen (secondary N) is 1. The van der Waals surface area contributed by atoms with Crippen LogP contribution in [0.15, 0.2) is 14.7 Å². The molecular weight excluding hydrogens is 380 g/mol. The van der Waals surface area contributed by atoms with E-state index in [4.69, 9.17) is 0 Å². The third-order valence-electron chi connectivity index (χ3n) is 3.23. The van der Waals surface area contributed by atoms with Crippen molar-refractivity contribution < 1.29 is 8.42 Å². The molecule has 0 radical (unpaired) electrons. The van der Waals surface area contributed by atoms with Gasteiger partial charge < -0.3 is 5.32 Å². The number of hydrogen-bond acceptors (Lipinski definition) is 5. The molecule has 1 aromatic rings. The maximum absolute atomic E-state index is 12.8. The van der Waals surface area contributed by atoms with E-state index < -0.39 is 10.0 Å². The maximum atomic E-state index is 12.8. The van der Waals surface area contributed by atoms with Crippen molar-refractivity contribution >= 4 is 49.1 Å². The third-order valence-corrected chi connectivity index (χ3v) is 8.72. The van der Waals surface area contributed by atoms with Crippen LogP contribution in [0, 0.1) is 0 Å². The Bertz CT molecular complexity index is 559. The van der Waals surface area contributed by atoms with E-state index in [1.807, 2.05) is 18.8 Å². The first-order chi connectivity index (χ1) is 9.48. The van der Waals surface area contributed by atoms with Crippen molar-refractivity contribution in [1.29, 1.82) is 0 Å². The summed E-state index contributed by atoms with van der Waals surface area (Å²) in [7, 11) is -1.52. The maximum Gasteiger partial charge on any atom is 0.245 e. The lowest BCUT2D eigenvalue weighted by atomic mass is 10.3. The zero-order valence-electron chi connectivity index (χ0n) is 11.6. The molecule has 1 aliphatic rings. The molecule has 0 aromatic carbocycles. The topological polar surface area (TPSA) is 49.4 Å². The number of thiophene rings is 1. The molecule has 0 amide bonds. The van der Waals surface area contributed by atoms with E-state index in [0.29, 0.717) is 33.6 Å². The summed E-state index contributed by atoms with van der Waals surface area (Å²) in [5, 5.41) is 3.46. The minimum Gasteiger partial charge on any atom is -0.315 e. The van der Waals surface area contributed by atoms with Crippen LogP contribution in [0.25, 0.3) is 0 Å². The van der Waals surface area contributed by atoms with Gasteiger partial charge in [-0.25, -0.2) is 8.42 Å². The Morgan fingerprint density at radius 1 is 1.55 bits per heavy atom. The van der Waals surface area contributed by atoms with Crippen LogP contribution in [-0.2, 0) is 16.6 Å². The van der Waals surface area contributed by atoms with Crippen molar-refractivity contribution in [2.24, 2.45) is 0 Å². The number of rotatable bonds is 5. The molecule has 1 atom stereocenters. The molecule has 0 aliphatic carbocycles. The molecule has 1 aromatic heterocycles. The second kappa shape index (κ2) is 7.11. The van der Waals surface area contributed by atoms with Crippen LogP contribution < -0.4 is 5.32 Å². The molecule has 4 nitrogen and oxygen atoms in total. The highest BCUT2D eigenvalue weighted by molar-refractivity contribution is 9.11. The van der Waals surface area contributed by atoms with E-state index in [-0.39, 0.29) is 0 Å². The van der Waals surface area contributed by atoms with E-state index in [0.717, 1.165) is 17.1 Å². The number of thioether (sulfide) groups is 1. The zero-order valence-corrected chi connectivity index (χ0v) is 15.6. The van der Waals surface area contributed by atoms with Gasteiger partial charge in [0.25, 0.3) is 0 Å². The fourth-order valence-electron chi connectivity index (χ4n) is 2.13. The van der Waals surface area contributed by atoms with Gasteiger partial charge in [-0.15, -0.1) is 11.3 Å². The van der Waals surface area contributed by atoms with Gasteiger partial charge in [0.15, 0.2) is 0 Å². The normalized spacial score (nSPS) is 21.2. The quantitative estimate of drug-likeness (QED) is 0.827. The molecule has 2 rings (SSSR count). The van der Waals surface area contributed by atoms with Crippen molar-refractivity contribution in [3.05, 3.63) is 14.7 Å². The van der Waals surface area contributed by atoms with Gasteiger partial charge in [0.2, 0.25) is 10.0 Å². The molecule has 114 valence electrons. The smallest absolute Gasteiger partial charge is 0.245 e. The Labute approximate surface area is 137 Å². The molecule has 1 fully saturated rings. The van der Waals surface area contributed by atoms with Crippen LogP contribution in [0.5, 0.6) is 0 Å². The summed E-state index contributed by atoms with van der Waals surface area (Å²) in [5.41, 5.74) is 0. The van der Waals surface area contributed by atoms with Gasteiger partial charge in [0.1, 0.15) is 4.90 Å². The molecular formula is C12H19BrN2O2S3. The van der Waals surface area contributed by atoms with Crippen LogP contribution in [0.2, 0.25) is 0 Å². The highest BCUT2D eigenvalue weighted by atomic mass is 79.9. The third kappa shape index (κ3) is 3.59. The molecule has 1 saturated heterocycles. The molecule has 8 heteroatoms. The molecule has 1 N–H and O–H groups in total.